The first-order chi connectivity index (χ1) is 17.0. The topological polar surface area (TPSA) is 63.6 Å². The number of carboxylic acids is 1. The van der Waals surface area contributed by atoms with Crippen LogP contribution in [0.2, 0.25) is 0 Å². The molecule has 0 amide bonds. The molecule has 5 heteroatoms. The Morgan fingerprint density at radius 1 is 0.771 bits per heavy atom. The Morgan fingerprint density at radius 2 is 1.34 bits per heavy atom. The van der Waals surface area contributed by atoms with E-state index in [2.05, 4.69) is 84.9 Å². The van der Waals surface area contributed by atoms with Crippen LogP contribution in [0.25, 0.3) is 0 Å². The molecule has 4 bridgehead atoms. The summed E-state index contributed by atoms with van der Waals surface area (Å²) in [7, 11) is -0.662. The average molecular weight is 487 g/mol. The molecular formula is C30H30O4S. The number of rotatable bonds is 5. The smallest absolute Gasteiger partial charge is 0.417 e. The number of ether oxygens (including phenoxy) is 1. The number of hydrogen-bond donors (Lipinski definition) is 2. The molecule has 1 N–H and O–H groups in total. The standard InChI is InChI=1S/C30H30O4S/c31-28(32)29(33)34-30-17-20-14-22(18-30)27(23(15-20)19-30)21-8-7-13-26(16-21)35(24-9-3-1-4-10-24)25-11-5-2-6-12-25/h1-13,16,20,22-23,27,35H,14-15,17-19H2,(H,31,32). The van der Waals surface area contributed by atoms with Gasteiger partial charge in [0.05, 0.1) is 0 Å². The zero-order valence-electron chi connectivity index (χ0n) is 19.5. The first kappa shape index (κ1) is 22.4. The minimum atomic E-state index is -1.49. The molecule has 4 fully saturated rings. The van der Waals surface area contributed by atoms with Gasteiger partial charge in [-0.3, -0.25) is 0 Å². The Morgan fingerprint density at radius 3 is 1.91 bits per heavy atom. The second-order valence-electron chi connectivity index (χ2n) is 10.5. The molecule has 180 valence electrons. The summed E-state index contributed by atoms with van der Waals surface area (Å²) >= 11 is 0. The first-order valence-corrected chi connectivity index (χ1v) is 13.8. The van der Waals surface area contributed by atoms with Crippen molar-refractivity contribution in [2.45, 2.75) is 58.3 Å². The van der Waals surface area contributed by atoms with Crippen LogP contribution in [0.3, 0.4) is 0 Å². The highest BCUT2D eigenvalue weighted by molar-refractivity contribution is 8.17. The summed E-state index contributed by atoms with van der Waals surface area (Å²) in [5, 5.41) is 9.11. The fourth-order valence-corrected chi connectivity index (χ4v) is 9.68. The van der Waals surface area contributed by atoms with E-state index in [9.17, 15) is 9.59 Å². The summed E-state index contributed by atoms with van der Waals surface area (Å²) < 4.78 is 5.64. The molecule has 0 aromatic heterocycles. The second-order valence-corrected chi connectivity index (χ2v) is 12.7. The second kappa shape index (κ2) is 8.87. The number of carbonyl (C=O) groups is 2. The molecule has 0 saturated heterocycles. The van der Waals surface area contributed by atoms with E-state index >= 15 is 0 Å². The van der Waals surface area contributed by atoms with Crippen LogP contribution in [0, 0.1) is 17.8 Å². The molecule has 0 radical (unpaired) electrons. The number of carboxylic acid groups (broad SMARTS) is 1. The van der Waals surface area contributed by atoms with Crippen molar-refractivity contribution in [1.29, 1.82) is 0 Å². The zero-order valence-corrected chi connectivity index (χ0v) is 20.4. The molecule has 0 aliphatic heterocycles. The molecule has 4 aliphatic carbocycles. The van der Waals surface area contributed by atoms with Crippen LogP contribution in [0.5, 0.6) is 0 Å². The third-order valence-electron chi connectivity index (χ3n) is 8.24. The van der Waals surface area contributed by atoms with E-state index in [0.29, 0.717) is 23.7 Å². The van der Waals surface area contributed by atoms with Crippen molar-refractivity contribution in [1.82, 2.24) is 0 Å². The van der Waals surface area contributed by atoms with Crippen molar-refractivity contribution in [3.8, 4) is 0 Å². The lowest BCUT2D eigenvalue weighted by Crippen LogP contribution is -2.56. The predicted octanol–water partition coefficient (Wildman–Crippen LogP) is 6.46. The highest BCUT2D eigenvalue weighted by atomic mass is 32.2. The maximum Gasteiger partial charge on any atom is 0.417 e. The molecular weight excluding hydrogens is 456 g/mol. The van der Waals surface area contributed by atoms with Crippen LogP contribution in [0.15, 0.2) is 99.6 Å². The Labute approximate surface area is 208 Å². The van der Waals surface area contributed by atoms with Crippen molar-refractivity contribution in [3.63, 3.8) is 0 Å². The van der Waals surface area contributed by atoms with Gasteiger partial charge in [0, 0.05) is 0 Å². The summed E-state index contributed by atoms with van der Waals surface area (Å²) in [4.78, 5) is 27.2. The van der Waals surface area contributed by atoms with Gasteiger partial charge in [-0.05, 0) is 112 Å². The summed E-state index contributed by atoms with van der Waals surface area (Å²) in [6, 6.07) is 30.7. The van der Waals surface area contributed by atoms with Gasteiger partial charge in [0.25, 0.3) is 0 Å². The molecule has 3 aromatic rings. The quantitative estimate of drug-likeness (QED) is 0.247. The molecule has 2 unspecified atom stereocenters. The van der Waals surface area contributed by atoms with Crippen LogP contribution >= 0.6 is 10.9 Å². The molecule has 4 nitrogen and oxygen atoms in total. The van der Waals surface area contributed by atoms with E-state index in [1.165, 1.54) is 20.2 Å². The molecule has 4 saturated carbocycles. The number of esters is 1. The lowest BCUT2D eigenvalue weighted by Gasteiger charge is -2.59. The van der Waals surface area contributed by atoms with Gasteiger partial charge < -0.3 is 9.84 Å². The van der Waals surface area contributed by atoms with Crippen molar-refractivity contribution in [2.24, 2.45) is 17.8 Å². The maximum absolute atomic E-state index is 11.9. The lowest BCUT2D eigenvalue weighted by atomic mass is 9.49. The lowest BCUT2D eigenvalue weighted by molar-refractivity contribution is -0.196. The predicted molar refractivity (Wildman–Crippen MR) is 136 cm³/mol. The normalized spacial score (nSPS) is 29.0. The van der Waals surface area contributed by atoms with Gasteiger partial charge in [0.1, 0.15) is 5.60 Å². The molecule has 35 heavy (non-hydrogen) atoms. The van der Waals surface area contributed by atoms with E-state index in [0.717, 1.165) is 32.1 Å². The van der Waals surface area contributed by atoms with Gasteiger partial charge in [0.2, 0.25) is 0 Å². The fraction of sp³-hybridized carbons (Fsp3) is 0.333. The highest BCUT2D eigenvalue weighted by Crippen LogP contribution is 2.63. The van der Waals surface area contributed by atoms with E-state index in [1.54, 1.807) is 0 Å². The van der Waals surface area contributed by atoms with Crippen LogP contribution in [0.4, 0.5) is 0 Å². The number of benzene rings is 3. The number of aliphatic carboxylic acids is 1. The number of hydrogen-bond acceptors (Lipinski definition) is 3. The summed E-state index contributed by atoms with van der Waals surface area (Å²) in [5.41, 5.74) is 0.802. The van der Waals surface area contributed by atoms with Crippen molar-refractivity contribution < 1.29 is 19.4 Å². The van der Waals surface area contributed by atoms with E-state index in [1.807, 2.05) is 0 Å². The Bertz CT molecular complexity index is 1190. The van der Waals surface area contributed by atoms with E-state index in [4.69, 9.17) is 9.84 Å². The molecule has 3 aromatic carbocycles. The summed E-state index contributed by atoms with van der Waals surface area (Å²) in [5.74, 6) is -0.761. The molecule has 0 heterocycles. The highest BCUT2D eigenvalue weighted by Gasteiger charge is 2.57. The Kier molecular flexibility index (Phi) is 5.68. The molecule has 4 aliphatic rings. The van der Waals surface area contributed by atoms with Gasteiger partial charge in [-0.15, -0.1) is 0 Å². The van der Waals surface area contributed by atoms with Crippen molar-refractivity contribution in [3.05, 3.63) is 90.5 Å². The van der Waals surface area contributed by atoms with Gasteiger partial charge in [-0.2, -0.15) is 10.9 Å². The Balaban J connectivity index is 1.33. The third-order valence-corrected chi connectivity index (χ3v) is 10.7. The zero-order chi connectivity index (χ0) is 24.0. The van der Waals surface area contributed by atoms with Gasteiger partial charge in [0.15, 0.2) is 0 Å². The van der Waals surface area contributed by atoms with E-state index < -0.39 is 28.4 Å². The van der Waals surface area contributed by atoms with Crippen LogP contribution < -0.4 is 0 Å². The Hall–Kier alpha value is -3.05. The monoisotopic (exact) mass is 486 g/mol. The van der Waals surface area contributed by atoms with Crippen molar-refractivity contribution in [2.75, 3.05) is 0 Å². The fourth-order valence-electron chi connectivity index (χ4n) is 7.33. The maximum atomic E-state index is 11.9. The van der Waals surface area contributed by atoms with Gasteiger partial charge >= 0.3 is 11.9 Å². The largest absolute Gasteiger partial charge is 0.473 e. The number of carbonyl (C=O) groups excluding carboxylic acids is 1. The van der Waals surface area contributed by atoms with Gasteiger partial charge in [-0.1, -0.05) is 48.5 Å². The van der Waals surface area contributed by atoms with Crippen molar-refractivity contribution >= 4 is 22.8 Å². The minimum Gasteiger partial charge on any atom is -0.473 e. The minimum absolute atomic E-state index is 0.428. The van der Waals surface area contributed by atoms with Crippen LogP contribution in [-0.2, 0) is 14.3 Å². The molecule has 7 rings (SSSR count). The van der Waals surface area contributed by atoms with Crippen LogP contribution in [0.1, 0.15) is 43.6 Å². The first-order valence-electron chi connectivity index (χ1n) is 12.5. The average Bonchev–Trinajstić information content (AvgIpc) is 2.85. The van der Waals surface area contributed by atoms with Gasteiger partial charge in [-0.25, -0.2) is 9.59 Å². The van der Waals surface area contributed by atoms with Crippen LogP contribution in [-0.4, -0.2) is 22.6 Å². The summed E-state index contributed by atoms with van der Waals surface area (Å²) in [6.07, 6.45) is 4.66. The summed E-state index contributed by atoms with van der Waals surface area (Å²) in [6.45, 7) is 0. The molecule has 0 spiro atoms. The SMILES string of the molecule is O=C(O)C(=O)OC12CC3CC(C1)C(c1cccc([SH](c4ccccc4)c4ccccc4)c1)C(C3)C2. The number of thiol groups is 1. The third kappa shape index (κ3) is 4.16. The van der Waals surface area contributed by atoms with E-state index in [-0.39, 0.29) is 0 Å². The molecule has 2 atom stereocenters.